The Morgan fingerprint density at radius 1 is 1.24 bits per heavy atom. The molecule has 96 valence electrons. The van der Waals surface area contributed by atoms with Crippen molar-refractivity contribution in [1.82, 2.24) is 4.98 Å². The third kappa shape index (κ3) is 6.12. The molecule has 2 N–H and O–H groups in total. The number of hydrogen-bond donors (Lipinski definition) is 2. The second-order valence-corrected chi connectivity index (χ2v) is 4.43. The van der Waals surface area contributed by atoms with E-state index in [0.717, 1.165) is 37.6 Å². The quantitative estimate of drug-likeness (QED) is 0.682. The van der Waals surface area contributed by atoms with E-state index in [1.807, 2.05) is 19.3 Å². The van der Waals surface area contributed by atoms with Crippen LogP contribution in [0, 0.1) is 5.92 Å². The first-order valence-corrected chi connectivity index (χ1v) is 6.16. The molecular formula is C13H23N3O. The maximum atomic E-state index is 5.52. The summed E-state index contributed by atoms with van der Waals surface area (Å²) in [5.41, 5.74) is 2.03. The predicted octanol–water partition coefficient (Wildman–Crippen LogP) is 2.60. The van der Waals surface area contributed by atoms with Crippen LogP contribution in [0.4, 0.5) is 11.4 Å². The Kier molecular flexibility index (Phi) is 6.40. The zero-order valence-electron chi connectivity index (χ0n) is 11.0. The van der Waals surface area contributed by atoms with Gasteiger partial charge in [0.25, 0.3) is 0 Å². The Hall–Kier alpha value is -1.29. The third-order valence-corrected chi connectivity index (χ3v) is 2.44. The highest BCUT2D eigenvalue weighted by Gasteiger charge is 1.96. The molecular weight excluding hydrogens is 214 g/mol. The standard InChI is InChI=1S/C13H23N3O/c1-11(2)4-6-17-7-5-16-13-8-12(14-3)9-15-10-13/h8-11,14,16H,4-7H2,1-3H3. The van der Waals surface area contributed by atoms with Crippen molar-refractivity contribution in [1.29, 1.82) is 0 Å². The van der Waals surface area contributed by atoms with Crippen molar-refractivity contribution in [3.8, 4) is 0 Å². The molecule has 0 radical (unpaired) electrons. The Bertz CT molecular complexity index is 315. The molecule has 0 bridgehead atoms. The Labute approximate surface area is 104 Å². The van der Waals surface area contributed by atoms with Gasteiger partial charge in [-0.25, -0.2) is 0 Å². The highest BCUT2D eigenvalue weighted by molar-refractivity contribution is 5.53. The Morgan fingerprint density at radius 3 is 2.71 bits per heavy atom. The molecule has 0 aliphatic carbocycles. The molecule has 0 aliphatic heterocycles. The maximum Gasteiger partial charge on any atom is 0.0639 e. The van der Waals surface area contributed by atoms with Crippen molar-refractivity contribution in [3.05, 3.63) is 18.5 Å². The van der Waals surface area contributed by atoms with Crippen LogP contribution in [0.5, 0.6) is 0 Å². The number of nitrogens with zero attached hydrogens (tertiary/aromatic N) is 1. The number of ether oxygens (including phenoxy) is 1. The fourth-order valence-corrected chi connectivity index (χ4v) is 1.36. The minimum Gasteiger partial charge on any atom is -0.387 e. The van der Waals surface area contributed by atoms with Crippen molar-refractivity contribution in [2.24, 2.45) is 5.92 Å². The molecule has 0 aliphatic rings. The van der Waals surface area contributed by atoms with E-state index in [4.69, 9.17) is 4.74 Å². The molecule has 0 atom stereocenters. The summed E-state index contributed by atoms with van der Waals surface area (Å²) in [5.74, 6) is 0.708. The summed E-state index contributed by atoms with van der Waals surface area (Å²) in [5, 5.41) is 6.34. The molecule has 0 fully saturated rings. The highest BCUT2D eigenvalue weighted by Crippen LogP contribution is 2.11. The molecule has 17 heavy (non-hydrogen) atoms. The summed E-state index contributed by atoms with van der Waals surface area (Å²) < 4.78 is 5.52. The van der Waals surface area contributed by atoms with Crippen LogP contribution < -0.4 is 10.6 Å². The molecule has 0 spiro atoms. The first kappa shape index (κ1) is 13.8. The number of pyridine rings is 1. The minimum absolute atomic E-state index is 0.708. The monoisotopic (exact) mass is 237 g/mol. The molecule has 1 heterocycles. The van der Waals surface area contributed by atoms with Gasteiger partial charge in [-0.05, 0) is 18.4 Å². The molecule has 1 aromatic rings. The van der Waals surface area contributed by atoms with Gasteiger partial charge in [0.05, 0.1) is 30.4 Å². The largest absolute Gasteiger partial charge is 0.387 e. The van der Waals surface area contributed by atoms with Crippen LogP contribution >= 0.6 is 0 Å². The lowest BCUT2D eigenvalue weighted by Crippen LogP contribution is -2.11. The van der Waals surface area contributed by atoms with Gasteiger partial charge < -0.3 is 15.4 Å². The summed E-state index contributed by atoms with van der Waals surface area (Å²) in [6.45, 7) is 6.80. The lowest BCUT2D eigenvalue weighted by Gasteiger charge is -2.09. The van der Waals surface area contributed by atoms with Gasteiger partial charge in [-0.15, -0.1) is 0 Å². The fourth-order valence-electron chi connectivity index (χ4n) is 1.36. The van der Waals surface area contributed by atoms with Crippen LogP contribution in [0.3, 0.4) is 0 Å². The van der Waals surface area contributed by atoms with E-state index in [-0.39, 0.29) is 0 Å². The zero-order valence-corrected chi connectivity index (χ0v) is 11.0. The molecule has 4 nitrogen and oxygen atoms in total. The number of rotatable bonds is 8. The molecule has 0 amide bonds. The van der Waals surface area contributed by atoms with Crippen molar-refractivity contribution in [2.45, 2.75) is 20.3 Å². The number of anilines is 2. The van der Waals surface area contributed by atoms with Gasteiger partial charge in [0.15, 0.2) is 0 Å². The van der Waals surface area contributed by atoms with Gasteiger partial charge in [0.2, 0.25) is 0 Å². The van der Waals surface area contributed by atoms with E-state index in [0.29, 0.717) is 5.92 Å². The summed E-state index contributed by atoms with van der Waals surface area (Å²) in [7, 11) is 1.88. The van der Waals surface area contributed by atoms with Crippen molar-refractivity contribution in [2.75, 3.05) is 37.4 Å². The number of nitrogens with one attached hydrogen (secondary N) is 2. The number of aromatic nitrogens is 1. The van der Waals surface area contributed by atoms with Gasteiger partial charge in [0.1, 0.15) is 0 Å². The molecule has 4 heteroatoms. The summed E-state index contributed by atoms with van der Waals surface area (Å²) >= 11 is 0. The molecule has 0 unspecified atom stereocenters. The van der Waals surface area contributed by atoms with Gasteiger partial charge in [0, 0.05) is 20.2 Å². The minimum atomic E-state index is 0.708. The first-order valence-electron chi connectivity index (χ1n) is 6.16. The van der Waals surface area contributed by atoms with Crippen LogP contribution in [0.15, 0.2) is 18.5 Å². The lowest BCUT2D eigenvalue weighted by molar-refractivity contribution is 0.132. The van der Waals surface area contributed by atoms with Crippen molar-refractivity contribution < 1.29 is 4.74 Å². The molecule has 0 saturated carbocycles. The van der Waals surface area contributed by atoms with Crippen LogP contribution in [-0.2, 0) is 4.74 Å². The third-order valence-electron chi connectivity index (χ3n) is 2.44. The van der Waals surface area contributed by atoms with Gasteiger partial charge in [-0.3, -0.25) is 4.98 Å². The van der Waals surface area contributed by atoms with Gasteiger partial charge in [-0.2, -0.15) is 0 Å². The van der Waals surface area contributed by atoms with Gasteiger partial charge >= 0.3 is 0 Å². The molecule has 1 aromatic heterocycles. The second kappa shape index (κ2) is 7.90. The Morgan fingerprint density at radius 2 is 2.00 bits per heavy atom. The Balaban J connectivity index is 2.13. The van der Waals surface area contributed by atoms with Crippen LogP contribution in [0.1, 0.15) is 20.3 Å². The van der Waals surface area contributed by atoms with Crippen LogP contribution in [0.2, 0.25) is 0 Å². The smallest absolute Gasteiger partial charge is 0.0639 e. The van der Waals surface area contributed by atoms with Crippen molar-refractivity contribution in [3.63, 3.8) is 0 Å². The second-order valence-electron chi connectivity index (χ2n) is 4.43. The molecule has 0 saturated heterocycles. The van der Waals surface area contributed by atoms with E-state index in [9.17, 15) is 0 Å². The van der Waals surface area contributed by atoms with E-state index >= 15 is 0 Å². The first-order chi connectivity index (χ1) is 8.22. The van der Waals surface area contributed by atoms with Crippen LogP contribution in [-0.4, -0.2) is 31.8 Å². The van der Waals surface area contributed by atoms with Gasteiger partial charge in [-0.1, -0.05) is 13.8 Å². The summed E-state index contributed by atoms with van der Waals surface area (Å²) in [6.07, 6.45) is 4.73. The summed E-state index contributed by atoms with van der Waals surface area (Å²) in [6, 6.07) is 2.03. The van der Waals surface area contributed by atoms with E-state index in [1.54, 1.807) is 6.20 Å². The van der Waals surface area contributed by atoms with E-state index in [2.05, 4.69) is 29.5 Å². The molecule has 0 aromatic carbocycles. The summed E-state index contributed by atoms with van der Waals surface area (Å²) in [4.78, 5) is 4.13. The average Bonchev–Trinajstić information content (AvgIpc) is 2.33. The lowest BCUT2D eigenvalue weighted by atomic mass is 10.1. The van der Waals surface area contributed by atoms with E-state index < -0.39 is 0 Å². The number of hydrogen-bond acceptors (Lipinski definition) is 4. The molecule has 1 rings (SSSR count). The maximum absolute atomic E-state index is 5.52. The topological polar surface area (TPSA) is 46.2 Å². The highest BCUT2D eigenvalue weighted by atomic mass is 16.5. The van der Waals surface area contributed by atoms with Crippen LogP contribution in [0.25, 0.3) is 0 Å². The fraction of sp³-hybridized carbons (Fsp3) is 0.615. The average molecular weight is 237 g/mol. The SMILES string of the molecule is CNc1cncc(NCCOCCC(C)C)c1. The predicted molar refractivity (Wildman–Crippen MR) is 72.5 cm³/mol. The zero-order chi connectivity index (χ0) is 12.5. The van der Waals surface area contributed by atoms with Crippen molar-refractivity contribution >= 4 is 11.4 Å². The normalized spacial score (nSPS) is 10.6. The van der Waals surface area contributed by atoms with E-state index in [1.165, 1.54) is 0 Å².